The Labute approximate surface area is 295 Å². The zero-order valence-electron chi connectivity index (χ0n) is 28.5. The molecule has 5 aromatic rings. The minimum atomic E-state index is -4.69. The summed E-state index contributed by atoms with van der Waals surface area (Å²) in [6, 6.07) is 11.1. The molecule has 2 N–H and O–H groups in total. The summed E-state index contributed by atoms with van der Waals surface area (Å²) in [5.74, 6) is -4.60. The molecule has 0 fully saturated rings. The van der Waals surface area contributed by atoms with Gasteiger partial charge in [-0.05, 0) is 66.8 Å². The van der Waals surface area contributed by atoms with Crippen LogP contribution in [0, 0.1) is 17.1 Å². The maximum atomic E-state index is 15.7. The lowest BCUT2D eigenvalue weighted by Crippen LogP contribution is -2.59. The number of fused-ring (bicyclic) bond motifs is 2. The van der Waals surface area contributed by atoms with Crippen molar-refractivity contribution in [3.63, 3.8) is 0 Å². The first-order chi connectivity index (χ1) is 24.6. The molecule has 15 heteroatoms. The monoisotopic (exact) mass is 715 g/mol. The number of aromatic nitrogens is 4. The van der Waals surface area contributed by atoms with Gasteiger partial charge in [-0.1, -0.05) is 24.3 Å². The van der Waals surface area contributed by atoms with Crippen molar-refractivity contribution in [3.8, 4) is 17.2 Å². The molecular formula is C37H33F4N7O4. The molecule has 11 nitrogen and oxygen atoms in total. The molecule has 0 aliphatic carbocycles. The highest BCUT2D eigenvalue weighted by atomic mass is 19.4. The maximum Gasteiger partial charge on any atom is 0.416 e. The lowest BCUT2D eigenvalue weighted by molar-refractivity contribution is -0.145. The third-order valence-electron chi connectivity index (χ3n) is 9.35. The van der Waals surface area contributed by atoms with Crippen LogP contribution in [-0.2, 0) is 40.4 Å². The van der Waals surface area contributed by atoms with Crippen LogP contribution in [0.1, 0.15) is 57.9 Å². The number of ether oxygens (including phenoxy) is 1. The van der Waals surface area contributed by atoms with Gasteiger partial charge in [0.1, 0.15) is 17.8 Å². The third kappa shape index (κ3) is 6.71. The van der Waals surface area contributed by atoms with Gasteiger partial charge < -0.3 is 15.0 Å². The zero-order valence-corrected chi connectivity index (χ0v) is 28.5. The van der Waals surface area contributed by atoms with Gasteiger partial charge in [-0.3, -0.25) is 24.2 Å². The molecule has 268 valence electrons. The van der Waals surface area contributed by atoms with Crippen LogP contribution < -0.4 is 5.32 Å². The van der Waals surface area contributed by atoms with Gasteiger partial charge in [0.05, 0.1) is 53.3 Å². The van der Waals surface area contributed by atoms with Crippen molar-refractivity contribution in [2.45, 2.75) is 50.4 Å². The van der Waals surface area contributed by atoms with E-state index in [0.717, 1.165) is 31.4 Å². The van der Waals surface area contributed by atoms with Gasteiger partial charge in [0.15, 0.2) is 0 Å². The van der Waals surface area contributed by atoms with Gasteiger partial charge >= 0.3 is 12.1 Å². The van der Waals surface area contributed by atoms with E-state index in [1.54, 1.807) is 31.6 Å². The van der Waals surface area contributed by atoms with E-state index in [0.29, 0.717) is 33.2 Å². The molecule has 3 aromatic carbocycles. The number of rotatable bonds is 9. The quantitative estimate of drug-likeness (QED) is 0.152. The molecule has 0 saturated heterocycles. The molecule has 2 amide bonds. The first-order valence-electron chi connectivity index (χ1n) is 16.2. The summed E-state index contributed by atoms with van der Waals surface area (Å²) in [5, 5.41) is 24.4. The Morgan fingerprint density at radius 3 is 2.56 bits per heavy atom. The molecular weight excluding hydrogens is 682 g/mol. The minimum Gasteiger partial charge on any atom is -0.468 e. The standard InChI is InChI=1S/C37H33F4N7O4/c1-36(2,32(35(51)52-4)21-6-5-7-24(13-21)37(39,40)41)45-33(49)30(12-20-17-44-47(3)19-20)48-11-10-26-25(8-9-28(38)31(26)34(48)50)27-14-23-18-43-46-29(23)15-22(27)16-42/h5-9,13-15,17-19,30,32H,10-12H2,1-4H3,(H,43,46)(H,45,49)/t30-,32?/m1/s1. The Hall–Kier alpha value is -6.04. The van der Waals surface area contributed by atoms with Crippen molar-refractivity contribution in [1.82, 2.24) is 30.2 Å². The number of carbonyl (C=O) groups excluding carboxylic acids is 3. The van der Waals surface area contributed by atoms with Gasteiger partial charge in [0, 0.05) is 37.2 Å². The predicted octanol–water partition coefficient (Wildman–Crippen LogP) is 5.45. The molecule has 1 aliphatic heterocycles. The average Bonchev–Trinajstić information content (AvgIpc) is 3.74. The van der Waals surface area contributed by atoms with Crippen LogP contribution in [0.15, 0.2) is 67.1 Å². The van der Waals surface area contributed by atoms with Crippen LogP contribution in [0.5, 0.6) is 0 Å². The number of hydrogen-bond donors (Lipinski definition) is 2. The highest BCUT2D eigenvalue weighted by Gasteiger charge is 2.44. The number of nitriles is 1. The molecule has 0 spiro atoms. The number of aryl methyl sites for hydroxylation is 1. The number of carbonyl (C=O) groups is 3. The molecule has 0 bridgehead atoms. The molecule has 2 aromatic heterocycles. The first kappa shape index (κ1) is 35.8. The van der Waals surface area contributed by atoms with E-state index in [4.69, 9.17) is 4.74 Å². The van der Waals surface area contributed by atoms with E-state index in [9.17, 15) is 32.8 Å². The molecule has 1 aliphatic rings. The minimum absolute atomic E-state index is 0.0229. The fourth-order valence-electron chi connectivity index (χ4n) is 6.92. The van der Waals surface area contributed by atoms with E-state index in [2.05, 4.69) is 26.7 Å². The number of alkyl halides is 3. The van der Waals surface area contributed by atoms with Gasteiger partial charge in [0.25, 0.3) is 5.91 Å². The third-order valence-corrected chi connectivity index (χ3v) is 9.35. The van der Waals surface area contributed by atoms with Crippen molar-refractivity contribution in [2.24, 2.45) is 7.05 Å². The molecule has 52 heavy (non-hydrogen) atoms. The summed E-state index contributed by atoms with van der Waals surface area (Å²) < 4.78 is 63.1. The highest BCUT2D eigenvalue weighted by molar-refractivity contribution is 6.02. The van der Waals surface area contributed by atoms with E-state index < -0.39 is 52.8 Å². The number of amides is 2. The Morgan fingerprint density at radius 2 is 1.88 bits per heavy atom. The highest BCUT2D eigenvalue weighted by Crippen LogP contribution is 2.38. The number of nitrogens with one attached hydrogen (secondary N) is 2. The normalized spacial score (nSPS) is 14.4. The Morgan fingerprint density at radius 1 is 1.12 bits per heavy atom. The van der Waals surface area contributed by atoms with E-state index in [-0.39, 0.29) is 36.1 Å². The summed E-state index contributed by atoms with van der Waals surface area (Å²) in [5.41, 5.74) is 0.0181. The number of esters is 1. The SMILES string of the molecule is COC(=O)C(c1cccc(C(F)(F)F)c1)C(C)(C)NC(=O)[C@@H](Cc1cnn(C)c1)N1CCc2c(-c3cc4cn[nH]c4cc3C#N)ccc(F)c2C1=O. The number of H-pyrrole nitrogens is 1. The number of hydrogen-bond acceptors (Lipinski definition) is 7. The summed E-state index contributed by atoms with van der Waals surface area (Å²) in [6.45, 7) is 2.92. The summed E-state index contributed by atoms with van der Waals surface area (Å²) >= 11 is 0. The fourth-order valence-corrected chi connectivity index (χ4v) is 6.92. The maximum absolute atomic E-state index is 15.7. The molecule has 0 saturated carbocycles. The van der Waals surface area contributed by atoms with Gasteiger partial charge in [0.2, 0.25) is 5.91 Å². The Kier molecular flexibility index (Phi) is 9.35. The number of benzene rings is 3. The second-order valence-corrected chi connectivity index (χ2v) is 13.2. The summed E-state index contributed by atoms with van der Waals surface area (Å²) in [6.07, 6.45) is 0.131. The summed E-state index contributed by atoms with van der Waals surface area (Å²) in [7, 11) is 2.76. The molecule has 1 unspecified atom stereocenters. The second kappa shape index (κ2) is 13.6. The number of nitrogens with zero attached hydrogens (tertiary/aromatic N) is 5. The van der Waals surface area contributed by atoms with Gasteiger partial charge in [-0.2, -0.15) is 28.6 Å². The number of halogens is 4. The van der Waals surface area contributed by atoms with Crippen molar-refractivity contribution < 1.29 is 36.7 Å². The average molecular weight is 716 g/mol. The van der Waals surface area contributed by atoms with Crippen LogP contribution in [0.3, 0.4) is 0 Å². The second-order valence-electron chi connectivity index (χ2n) is 13.2. The lowest BCUT2D eigenvalue weighted by atomic mass is 9.80. The van der Waals surface area contributed by atoms with Gasteiger partial charge in [-0.15, -0.1) is 0 Å². The lowest BCUT2D eigenvalue weighted by Gasteiger charge is -2.39. The molecule has 2 atom stereocenters. The number of aromatic amines is 1. The molecule has 0 radical (unpaired) electrons. The van der Waals surface area contributed by atoms with Crippen LogP contribution in [0.2, 0.25) is 0 Å². The van der Waals surface area contributed by atoms with Crippen molar-refractivity contribution in [2.75, 3.05) is 13.7 Å². The largest absolute Gasteiger partial charge is 0.468 e. The zero-order chi connectivity index (χ0) is 37.5. The van der Waals surface area contributed by atoms with Crippen molar-refractivity contribution >= 4 is 28.7 Å². The van der Waals surface area contributed by atoms with Crippen molar-refractivity contribution in [3.05, 3.63) is 106 Å². The fraction of sp³-hybridized carbons (Fsp3) is 0.297. The number of methoxy groups -OCH3 is 1. The summed E-state index contributed by atoms with van der Waals surface area (Å²) in [4.78, 5) is 43.1. The predicted molar refractivity (Wildman–Crippen MR) is 180 cm³/mol. The molecule has 6 rings (SSSR count). The topological polar surface area (TPSA) is 146 Å². The Bertz CT molecular complexity index is 2250. The van der Waals surface area contributed by atoms with Crippen LogP contribution >= 0.6 is 0 Å². The van der Waals surface area contributed by atoms with Crippen LogP contribution in [0.25, 0.3) is 22.0 Å². The first-order valence-corrected chi connectivity index (χ1v) is 16.2. The van der Waals surface area contributed by atoms with Crippen molar-refractivity contribution in [1.29, 1.82) is 5.26 Å². The molecule has 3 heterocycles. The van der Waals surface area contributed by atoms with E-state index in [1.165, 1.54) is 41.8 Å². The van der Waals surface area contributed by atoms with Crippen LogP contribution in [0.4, 0.5) is 17.6 Å². The smallest absolute Gasteiger partial charge is 0.416 e. The van der Waals surface area contributed by atoms with Crippen LogP contribution in [-0.4, -0.2) is 67.9 Å². The Balaban J connectivity index is 1.38. The van der Waals surface area contributed by atoms with Gasteiger partial charge in [-0.25, -0.2) is 4.39 Å². The van der Waals surface area contributed by atoms with E-state index >= 15 is 4.39 Å². The van der Waals surface area contributed by atoms with E-state index in [1.807, 2.05) is 0 Å².